The Bertz CT molecular complexity index is 338. The molecule has 4 N–H and O–H groups in total. The highest BCUT2D eigenvalue weighted by molar-refractivity contribution is 8.76. The molecule has 0 radical (unpaired) electrons. The molecule has 102 valence electrons. The number of ketones is 1. The molecular formula is C10H17N3O3S2. The lowest BCUT2D eigenvalue weighted by Crippen LogP contribution is -2.51. The van der Waals surface area contributed by atoms with Crippen LogP contribution in [0.15, 0.2) is 0 Å². The van der Waals surface area contributed by atoms with Gasteiger partial charge in [0, 0.05) is 24.5 Å². The number of rotatable bonds is 6. The quantitative estimate of drug-likeness (QED) is 0.272. The van der Waals surface area contributed by atoms with Crippen LogP contribution in [0, 0.1) is 5.92 Å². The summed E-state index contributed by atoms with van der Waals surface area (Å²) in [7, 11) is 2.97. The Morgan fingerprint density at radius 3 is 2.78 bits per heavy atom. The van der Waals surface area contributed by atoms with Gasteiger partial charge in [0.05, 0.1) is 0 Å². The summed E-state index contributed by atoms with van der Waals surface area (Å²) in [5.41, 5.74) is 2.04. The Hall–Kier alpha value is -0.730. The van der Waals surface area contributed by atoms with Crippen molar-refractivity contribution in [2.45, 2.75) is 25.3 Å². The Morgan fingerprint density at radius 2 is 2.28 bits per heavy atom. The molecule has 2 unspecified atom stereocenters. The fourth-order valence-corrected chi connectivity index (χ4v) is 3.07. The van der Waals surface area contributed by atoms with E-state index in [1.165, 1.54) is 21.6 Å². The summed E-state index contributed by atoms with van der Waals surface area (Å²) in [6, 6.07) is -0.657. The third-order valence-electron chi connectivity index (χ3n) is 2.74. The molecule has 1 saturated carbocycles. The van der Waals surface area contributed by atoms with Crippen LogP contribution in [0.1, 0.15) is 19.3 Å². The van der Waals surface area contributed by atoms with Crippen molar-refractivity contribution in [2.24, 2.45) is 11.8 Å². The number of amides is 2. The van der Waals surface area contributed by atoms with Crippen molar-refractivity contribution in [3.05, 3.63) is 0 Å². The molecule has 0 spiro atoms. The second-order valence-electron chi connectivity index (χ2n) is 4.00. The molecule has 0 saturated heterocycles. The highest BCUT2D eigenvalue weighted by atomic mass is 33.1. The number of carbonyl (C=O) groups is 3. The normalized spacial score (nSPS) is 20.6. The van der Waals surface area contributed by atoms with E-state index in [4.69, 9.17) is 5.84 Å². The van der Waals surface area contributed by atoms with Gasteiger partial charge in [-0.1, -0.05) is 21.6 Å². The van der Waals surface area contributed by atoms with Gasteiger partial charge in [0.2, 0.25) is 5.91 Å². The van der Waals surface area contributed by atoms with E-state index >= 15 is 0 Å². The van der Waals surface area contributed by atoms with E-state index in [2.05, 4.69) is 5.32 Å². The lowest BCUT2D eigenvalue weighted by atomic mass is 10.1. The Morgan fingerprint density at radius 1 is 1.56 bits per heavy atom. The minimum atomic E-state index is -0.657. The standard InChI is InChI=1S/C10H17N3O3S2/c1-17-18-5-8(10(16)13-11)12-9(15)6-2-3-7(14)4-6/h6,8H,2-5,11H2,1H3,(H,12,15)(H,13,16). The Kier molecular flexibility index (Phi) is 6.51. The van der Waals surface area contributed by atoms with E-state index in [9.17, 15) is 14.4 Å². The van der Waals surface area contributed by atoms with E-state index < -0.39 is 11.9 Å². The van der Waals surface area contributed by atoms with Crippen LogP contribution in [-0.2, 0) is 14.4 Å². The summed E-state index contributed by atoms with van der Waals surface area (Å²) < 4.78 is 0. The molecule has 6 nitrogen and oxygen atoms in total. The minimum absolute atomic E-state index is 0.105. The number of nitrogens with one attached hydrogen (secondary N) is 2. The molecular weight excluding hydrogens is 274 g/mol. The van der Waals surface area contributed by atoms with Crippen LogP contribution in [0.2, 0.25) is 0 Å². The molecule has 0 aromatic rings. The molecule has 2 amide bonds. The maximum absolute atomic E-state index is 11.9. The van der Waals surface area contributed by atoms with E-state index in [1.54, 1.807) is 0 Å². The molecule has 18 heavy (non-hydrogen) atoms. The van der Waals surface area contributed by atoms with Crippen LogP contribution >= 0.6 is 21.6 Å². The zero-order valence-electron chi connectivity index (χ0n) is 10.1. The SMILES string of the molecule is CSSCC(NC(=O)C1CCC(=O)C1)C(=O)NN. The molecule has 0 aromatic carbocycles. The summed E-state index contributed by atoms with van der Waals surface area (Å²) in [6.07, 6.45) is 3.18. The van der Waals surface area contributed by atoms with Gasteiger partial charge in [-0.25, -0.2) is 5.84 Å². The number of hydrogen-bond donors (Lipinski definition) is 3. The lowest BCUT2D eigenvalue weighted by Gasteiger charge is -2.18. The van der Waals surface area contributed by atoms with E-state index in [0.717, 1.165) is 0 Å². The molecule has 0 aliphatic heterocycles. The van der Waals surface area contributed by atoms with Crippen molar-refractivity contribution in [1.82, 2.24) is 10.7 Å². The van der Waals surface area contributed by atoms with Gasteiger partial charge in [-0.2, -0.15) is 0 Å². The van der Waals surface area contributed by atoms with Gasteiger partial charge in [-0.15, -0.1) is 0 Å². The molecule has 0 bridgehead atoms. The highest BCUT2D eigenvalue weighted by Crippen LogP contribution is 2.23. The summed E-state index contributed by atoms with van der Waals surface area (Å²) in [5, 5.41) is 2.65. The first-order valence-electron chi connectivity index (χ1n) is 5.56. The molecule has 0 heterocycles. The van der Waals surface area contributed by atoms with Gasteiger partial charge in [0.15, 0.2) is 0 Å². The van der Waals surface area contributed by atoms with E-state index in [0.29, 0.717) is 18.6 Å². The van der Waals surface area contributed by atoms with Crippen LogP contribution in [-0.4, -0.2) is 35.6 Å². The van der Waals surface area contributed by atoms with Crippen LogP contribution in [0.4, 0.5) is 0 Å². The third-order valence-corrected chi connectivity index (χ3v) is 4.56. The average molecular weight is 291 g/mol. The number of carbonyl (C=O) groups excluding carboxylic acids is 3. The molecule has 1 rings (SSSR count). The fourth-order valence-electron chi connectivity index (χ4n) is 1.75. The van der Waals surface area contributed by atoms with Gasteiger partial charge in [0.1, 0.15) is 11.8 Å². The van der Waals surface area contributed by atoms with Crippen molar-refractivity contribution < 1.29 is 14.4 Å². The predicted molar refractivity (Wildman–Crippen MR) is 72.6 cm³/mol. The average Bonchev–Trinajstić information content (AvgIpc) is 2.80. The van der Waals surface area contributed by atoms with Crippen molar-refractivity contribution in [2.75, 3.05) is 12.0 Å². The zero-order chi connectivity index (χ0) is 13.5. The van der Waals surface area contributed by atoms with Gasteiger partial charge >= 0.3 is 0 Å². The second kappa shape index (κ2) is 7.65. The van der Waals surface area contributed by atoms with Gasteiger partial charge in [0.25, 0.3) is 5.91 Å². The predicted octanol–water partition coefficient (Wildman–Crippen LogP) is -0.158. The summed E-state index contributed by atoms with van der Waals surface area (Å²) >= 11 is 0. The maximum atomic E-state index is 11.9. The van der Waals surface area contributed by atoms with Crippen LogP contribution < -0.4 is 16.6 Å². The molecule has 0 aromatic heterocycles. The van der Waals surface area contributed by atoms with Crippen molar-refractivity contribution >= 4 is 39.2 Å². The Balaban J connectivity index is 2.51. The number of hydrogen-bond acceptors (Lipinski definition) is 6. The summed E-state index contributed by atoms with van der Waals surface area (Å²) in [6.45, 7) is 0. The molecule has 1 aliphatic carbocycles. The Labute approximate surface area is 114 Å². The molecule has 2 atom stereocenters. The van der Waals surface area contributed by atoms with Crippen molar-refractivity contribution in [1.29, 1.82) is 0 Å². The summed E-state index contributed by atoms with van der Waals surface area (Å²) in [5.74, 6) is 4.66. The number of Topliss-reactive ketones (excluding diaryl/α,β-unsaturated/α-hetero) is 1. The number of nitrogens with two attached hydrogens (primary N) is 1. The molecule has 1 fully saturated rings. The van der Waals surface area contributed by atoms with E-state index in [1.807, 2.05) is 11.7 Å². The first-order chi connectivity index (χ1) is 8.58. The van der Waals surface area contributed by atoms with E-state index in [-0.39, 0.29) is 24.0 Å². The largest absolute Gasteiger partial charge is 0.343 e. The topological polar surface area (TPSA) is 101 Å². The zero-order valence-corrected chi connectivity index (χ0v) is 11.7. The first kappa shape index (κ1) is 15.3. The summed E-state index contributed by atoms with van der Waals surface area (Å²) in [4.78, 5) is 34.5. The van der Waals surface area contributed by atoms with Crippen molar-refractivity contribution in [3.8, 4) is 0 Å². The fraction of sp³-hybridized carbons (Fsp3) is 0.700. The third kappa shape index (κ3) is 4.51. The van der Waals surface area contributed by atoms with Crippen LogP contribution in [0.3, 0.4) is 0 Å². The number of hydrazine groups is 1. The molecule has 8 heteroatoms. The maximum Gasteiger partial charge on any atom is 0.257 e. The minimum Gasteiger partial charge on any atom is -0.343 e. The highest BCUT2D eigenvalue weighted by Gasteiger charge is 2.30. The monoisotopic (exact) mass is 291 g/mol. The van der Waals surface area contributed by atoms with Gasteiger partial charge in [-0.3, -0.25) is 19.8 Å². The van der Waals surface area contributed by atoms with Crippen LogP contribution in [0.25, 0.3) is 0 Å². The van der Waals surface area contributed by atoms with Gasteiger partial charge in [-0.05, 0) is 12.7 Å². The van der Waals surface area contributed by atoms with Crippen LogP contribution in [0.5, 0.6) is 0 Å². The van der Waals surface area contributed by atoms with Gasteiger partial charge < -0.3 is 5.32 Å². The smallest absolute Gasteiger partial charge is 0.257 e. The van der Waals surface area contributed by atoms with Crippen molar-refractivity contribution in [3.63, 3.8) is 0 Å². The first-order valence-corrected chi connectivity index (χ1v) is 8.29. The second-order valence-corrected chi connectivity index (χ2v) is 6.61. The lowest BCUT2D eigenvalue weighted by molar-refractivity contribution is -0.131. The molecule has 1 aliphatic rings.